The lowest BCUT2D eigenvalue weighted by Crippen LogP contribution is -2.28. The second-order valence-corrected chi connectivity index (χ2v) is 5.17. The van der Waals surface area contributed by atoms with Gasteiger partial charge in [0.1, 0.15) is 5.69 Å². The van der Waals surface area contributed by atoms with E-state index in [1.165, 1.54) is 10.9 Å². The van der Waals surface area contributed by atoms with Crippen LogP contribution in [-0.2, 0) is 11.8 Å². The van der Waals surface area contributed by atoms with Crippen molar-refractivity contribution in [3.63, 3.8) is 0 Å². The summed E-state index contributed by atoms with van der Waals surface area (Å²) in [4.78, 5) is 12.5. The van der Waals surface area contributed by atoms with Gasteiger partial charge in [0, 0.05) is 7.05 Å². The van der Waals surface area contributed by atoms with Gasteiger partial charge in [0.2, 0.25) is 0 Å². The minimum Gasteiger partial charge on any atom is -0.374 e. The number of carbonyl (C=O) groups is 1. The van der Waals surface area contributed by atoms with Gasteiger partial charge < -0.3 is 4.74 Å². The van der Waals surface area contributed by atoms with Gasteiger partial charge in [-0.25, -0.2) is 0 Å². The fourth-order valence-electron chi connectivity index (χ4n) is 2.56. The lowest BCUT2D eigenvalue weighted by Gasteiger charge is -2.17. The van der Waals surface area contributed by atoms with Gasteiger partial charge in [0.15, 0.2) is 5.78 Å². The van der Waals surface area contributed by atoms with Crippen LogP contribution in [0.25, 0.3) is 0 Å². The van der Waals surface area contributed by atoms with Crippen LogP contribution in [0.15, 0.2) is 6.20 Å². The predicted octanol–water partition coefficient (Wildman–Crippen LogP) is 2.32. The van der Waals surface area contributed by atoms with E-state index < -0.39 is 0 Å². The van der Waals surface area contributed by atoms with Gasteiger partial charge in [0.05, 0.1) is 29.3 Å². The molecule has 0 amide bonds. The molecule has 0 bridgehead atoms. The van der Waals surface area contributed by atoms with Crippen LogP contribution in [-0.4, -0.2) is 27.8 Å². The van der Waals surface area contributed by atoms with Crippen LogP contribution in [0.4, 0.5) is 0 Å². The molecule has 2 heterocycles. The Morgan fingerprint density at radius 2 is 2.06 bits per heavy atom. The summed E-state index contributed by atoms with van der Waals surface area (Å²) in [6, 6.07) is 0. The number of nitrogens with zero attached hydrogens (tertiary/aromatic N) is 2. The fourth-order valence-corrected chi connectivity index (χ4v) is 2.82. The molecule has 1 saturated heterocycles. The molecule has 4 nitrogen and oxygen atoms in total. The SMILES string of the molecule is CC1OC(C)C(C(=O)c2c(Cl)cnn2C)C1C. The Labute approximate surface area is 106 Å². The summed E-state index contributed by atoms with van der Waals surface area (Å²) in [6.07, 6.45) is 1.54. The van der Waals surface area contributed by atoms with Gasteiger partial charge in [-0.2, -0.15) is 5.10 Å². The summed E-state index contributed by atoms with van der Waals surface area (Å²) in [5, 5.41) is 4.41. The Bertz CT molecular complexity index is 424. The molecule has 4 unspecified atom stereocenters. The van der Waals surface area contributed by atoms with E-state index in [1.807, 2.05) is 20.8 Å². The number of aryl methyl sites for hydroxylation is 1. The standard InChI is InChI=1S/C12H17ClN2O2/c1-6-7(2)17-8(3)10(6)12(16)11-9(13)5-14-15(11)4/h5-8,10H,1-4H3. The van der Waals surface area contributed by atoms with Crippen LogP contribution in [0.3, 0.4) is 0 Å². The third kappa shape index (κ3) is 2.00. The molecule has 0 N–H and O–H groups in total. The molecule has 0 saturated carbocycles. The highest BCUT2D eigenvalue weighted by Crippen LogP contribution is 2.35. The zero-order chi connectivity index (χ0) is 12.7. The van der Waals surface area contributed by atoms with Crippen molar-refractivity contribution in [2.24, 2.45) is 18.9 Å². The lowest BCUT2D eigenvalue weighted by atomic mass is 9.85. The van der Waals surface area contributed by atoms with Crippen molar-refractivity contribution in [2.45, 2.75) is 33.0 Å². The molecule has 1 aliphatic rings. The number of halogens is 1. The van der Waals surface area contributed by atoms with E-state index in [2.05, 4.69) is 5.10 Å². The minimum absolute atomic E-state index is 0.0272. The number of Topliss-reactive ketones (excluding diaryl/α,β-unsaturated/α-hetero) is 1. The van der Waals surface area contributed by atoms with Gasteiger partial charge in [-0.3, -0.25) is 9.48 Å². The Balaban J connectivity index is 2.32. The maximum atomic E-state index is 12.5. The predicted molar refractivity (Wildman–Crippen MR) is 65.2 cm³/mol. The molecule has 0 radical (unpaired) electrons. The van der Waals surface area contributed by atoms with Crippen molar-refractivity contribution < 1.29 is 9.53 Å². The van der Waals surface area contributed by atoms with Gasteiger partial charge in [-0.1, -0.05) is 18.5 Å². The van der Waals surface area contributed by atoms with Crippen molar-refractivity contribution in [2.75, 3.05) is 0 Å². The topological polar surface area (TPSA) is 44.1 Å². The van der Waals surface area contributed by atoms with E-state index in [1.54, 1.807) is 7.05 Å². The Kier molecular flexibility index (Phi) is 3.27. The molecule has 5 heteroatoms. The molecular formula is C12H17ClN2O2. The van der Waals surface area contributed by atoms with E-state index in [4.69, 9.17) is 16.3 Å². The molecule has 1 aromatic rings. The van der Waals surface area contributed by atoms with Gasteiger partial charge >= 0.3 is 0 Å². The van der Waals surface area contributed by atoms with Crippen LogP contribution in [0, 0.1) is 11.8 Å². The zero-order valence-corrected chi connectivity index (χ0v) is 11.2. The largest absolute Gasteiger partial charge is 0.374 e. The van der Waals surface area contributed by atoms with Crippen LogP contribution >= 0.6 is 11.6 Å². The molecule has 1 aliphatic heterocycles. The molecule has 4 atom stereocenters. The van der Waals surface area contributed by atoms with Crippen LogP contribution in [0.1, 0.15) is 31.3 Å². The maximum absolute atomic E-state index is 12.5. The quantitative estimate of drug-likeness (QED) is 0.763. The first-order valence-corrected chi connectivity index (χ1v) is 6.18. The van der Waals surface area contributed by atoms with Crippen LogP contribution < -0.4 is 0 Å². The van der Waals surface area contributed by atoms with Crippen LogP contribution in [0.2, 0.25) is 5.02 Å². The first-order valence-electron chi connectivity index (χ1n) is 5.80. The number of rotatable bonds is 2. The van der Waals surface area contributed by atoms with E-state index in [9.17, 15) is 4.79 Å². The molecule has 0 aromatic carbocycles. The maximum Gasteiger partial charge on any atom is 0.188 e. The number of hydrogen-bond acceptors (Lipinski definition) is 3. The summed E-state index contributed by atoms with van der Waals surface area (Å²) in [6.45, 7) is 5.98. The second kappa shape index (κ2) is 4.42. The van der Waals surface area contributed by atoms with Crippen molar-refractivity contribution >= 4 is 17.4 Å². The fraction of sp³-hybridized carbons (Fsp3) is 0.667. The zero-order valence-electron chi connectivity index (χ0n) is 10.5. The monoisotopic (exact) mass is 256 g/mol. The average molecular weight is 257 g/mol. The highest BCUT2D eigenvalue weighted by molar-refractivity contribution is 6.33. The molecule has 1 fully saturated rings. The average Bonchev–Trinajstić information content (AvgIpc) is 2.69. The van der Waals surface area contributed by atoms with Gasteiger partial charge in [-0.05, 0) is 19.8 Å². The van der Waals surface area contributed by atoms with Crippen molar-refractivity contribution in [3.05, 3.63) is 16.9 Å². The molecule has 17 heavy (non-hydrogen) atoms. The van der Waals surface area contributed by atoms with E-state index in [-0.39, 0.29) is 29.8 Å². The summed E-state index contributed by atoms with van der Waals surface area (Å²) in [5.41, 5.74) is 0.480. The summed E-state index contributed by atoms with van der Waals surface area (Å²) in [7, 11) is 1.73. The second-order valence-electron chi connectivity index (χ2n) is 4.76. The van der Waals surface area contributed by atoms with Gasteiger partial charge in [-0.15, -0.1) is 0 Å². The summed E-state index contributed by atoms with van der Waals surface area (Å²) >= 11 is 6.01. The molecule has 0 aliphatic carbocycles. The third-order valence-corrected chi connectivity index (χ3v) is 3.95. The van der Waals surface area contributed by atoms with E-state index in [0.717, 1.165) is 0 Å². The van der Waals surface area contributed by atoms with E-state index >= 15 is 0 Å². The highest BCUT2D eigenvalue weighted by atomic mass is 35.5. The number of ketones is 1. The Morgan fingerprint density at radius 1 is 1.41 bits per heavy atom. The molecule has 2 rings (SSSR count). The number of carbonyl (C=O) groups excluding carboxylic acids is 1. The van der Waals surface area contributed by atoms with Gasteiger partial charge in [0.25, 0.3) is 0 Å². The first-order chi connectivity index (χ1) is 7.93. The van der Waals surface area contributed by atoms with Crippen molar-refractivity contribution in [1.82, 2.24) is 9.78 Å². The molecular weight excluding hydrogens is 240 g/mol. The highest BCUT2D eigenvalue weighted by Gasteiger charge is 2.43. The van der Waals surface area contributed by atoms with Crippen molar-refractivity contribution in [1.29, 1.82) is 0 Å². The molecule has 1 aromatic heterocycles. The van der Waals surface area contributed by atoms with Crippen LogP contribution in [0.5, 0.6) is 0 Å². The minimum atomic E-state index is -0.141. The Hall–Kier alpha value is -0.870. The number of ether oxygens (including phenoxy) is 1. The van der Waals surface area contributed by atoms with Crippen molar-refractivity contribution in [3.8, 4) is 0 Å². The Morgan fingerprint density at radius 3 is 2.47 bits per heavy atom. The summed E-state index contributed by atoms with van der Waals surface area (Å²) in [5.74, 6) is 0.0840. The normalized spacial score (nSPS) is 33.0. The smallest absolute Gasteiger partial charge is 0.188 e. The number of aromatic nitrogens is 2. The molecule has 0 spiro atoms. The molecule has 94 valence electrons. The van der Waals surface area contributed by atoms with E-state index in [0.29, 0.717) is 10.7 Å². The lowest BCUT2D eigenvalue weighted by molar-refractivity contribution is 0.0489. The number of hydrogen-bond donors (Lipinski definition) is 0. The summed E-state index contributed by atoms with van der Waals surface area (Å²) < 4.78 is 7.23. The first kappa shape index (κ1) is 12.6. The third-order valence-electron chi connectivity index (χ3n) is 3.67.